The Hall–Kier alpha value is -6.48. The summed E-state index contributed by atoms with van der Waals surface area (Å²) in [6.07, 6.45) is 0. The number of benzene rings is 9. The summed E-state index contributed by atoms with van der Waals surface area (Å²) < 4.78 is 2.67. The third-order valence-electron chi connectivity index (χ3n) is 11.8. The molecule has 0 saturated heterocycles. The Morgan fingerprint density at radius 3 is 2.00 bits per heavy atom. The summed E-state index contributed by atoms with van der Waals surface area (Å²) in [6.45, 7) is 4.72. The number of thiophene rings is 1. The van der Waals surface area contributed by atoms with Crippen LogP contribution in [-0.2, 0) is 5.41 Å². The lowest BCUT2D eigenvalue weighted by atomic mass is 9.82. The van der Waals surface area contributed by atoms with Gasteiger partial charge in [-0.2, -0.15) is 0 Å². The number of hydrogen-bond donors (Lipinski definition) is 0. The Kier molecular flexibility index (Phi) is 7.14. The van der Waals surface area contributed by atoms with E-state index in [4.69, 9.17) is 0 Å². The van der Waals surface area contributed by atoms with Gasteiger partial charge in [0.15, 0.2) is 0 Å². The first-order valence-electron chi connectivity index (χ1n) is 19.1. The molecule has 0 fully saturated rings. The van der Waals surface area contributed by atoms with Gasteiger partial charge in [-0.05, 0) is 109 Å². The predicted octanol–water partition coefficient (Wildman–Crippen LogP) is 15.5. The van der Waals surface area contributed by atoms with Crippen molar-refractivity contribution >= 4 is 70.1 Å². The fraction of sp³-hybridized carbons (Fsp3) is 0.0566. The Balaban J connectivity index is 1.08. The van der Waals surface area contributed by atoms with Crippen molar-refractivity contribution < 1.29 is 0 Å². The fourth-order valence-corrected chi connectivity index (χ4v) is 10.3. The molecule has 0 bridgehead atoms. The van der Waals surface area contributed by atoms with Crippen LogP contribution in [0.5, 0.6) is 0 Å². The molecule has 0 unspecified atom stereocenters. The Morgan fingerprint density at radius 1 is 0.418 bits per heavy atom. The lowest BCUT2D eigenvalue weighted by molar-refractivity contribution is 0.660. The largest absolute Gasteiger partial charge is 0.310 e. The Labute approximate surface area is 325 Å². The molecular weight excluding hydrogens is 683 g/mol. The van der Waals surface area contributed by atoms with Crippen LogP contribution in [0.15, 0.2) is 188 Å². The molecule has 0 atom stereocenters. The van der Waals surface area contributed by atoms with Crippen molar-refractivity contribution in [1.82, 2.24) is 0 Å². The van der Waals surface area contributed by atoms with Crippen molar-refractivity contribution in [1.29, 1.82) is 0 Å². The van der Waals surface area contributed by atoms with Crippen LogP contribution >= 0.6 is 11.3 Å². The number of hydrogen-bond acceptors (Lipinski definition) is 2. The van der Waals surface area contributed by atoms with Gasteiger partial charge in [0.05, 0.1) is 5.69 Å². The summed E-state index contributed by atoms with van der Waals surface area (Å²) in [4.78, 5) is 2.47. The summed E-state index contributed by atoms with van der Waals surface area (Å²) in [6, 6.07) is 69.6. The fourth-order valence-electron chi connectivity index (χ4n) is 9.16. The molecule has 9 aromatic carbocycles. The van der Waals surface area contributed by atoms with Crippen LogP contribution in [0.2, 0.25) is 0 Å². The second-order valence-electron chi connectivity index (χ2n) is 15.3. The van der Waals surface area contributed by atoms with Gasteiger partial charge in [-0.25, -0.2) is 0 Å². The Bertz CT molecular complexity index is 3120. The van der Waals surface area contributed by atoms with Crippen LogP contribution in [0.4, 0.5) is 17.1 Å². The predicted molar refractivity (Wildman–Crippen MR) is 237 cm³/mol. The summed E-state index contributed by atoms with van der Waals surface area (Å²) >= 11 is 1.88. The van der Waals surface area contributed by atoms with Gasteiger partial charge in [0, 0.05) is 42.5 Å². The van der Waals surface area contributed by atoms with E-state index in [1.165, 1.54) is 91.9 Å². The number of anilines is 3. The maximum absolute atomic E-state index is 2.47. The van der Waals surface area contributed by atoms with E-state index in [0.717, 1.165) is 11.4 Å². The van der Waals surface area contributed by atoms with E-state index in [0.29, 0.717) is 0 Å². The lowest BCUT2D eigenvalue weighted by Gasteiger charge is -2.29. The van der Waals surface area contributed by atoms with Crippen molar-refractivity contribution in [2.45, 2.75) is 19.3 Å². The molecule has 260 valence electrons. The lowest BCUT2D eigenvalue weighted by Crippen LogP contribution is -2.16. The summed E-state index contributed by atoms with van der Waals surface area (Å²) in [5.74, 6) is 0. The van der Waals surface area contributed by atoms with Gasteiger partial charge in [0.25, 0.3) is 0 Å². The van der Waals surface area contributed by atoms with Crippen LogP contribution in [0, 0.1) is 0 Å². The van der Waals surface area contributed by atoms with Crippen molar-refractivity contribution in [3.8, 4) is 33.4 Å². The molecule has 55 heavy (non-hydrogen) atoms. The SMILES string of the molecule is CC1(C)c2ccccc2-c2c(N(c3ccc(-c4ccc5ccc6sc7ccccc7c6c5c4)cc3)c3cccc(-c4cccc5ccccc45)c3)cccc21. The zero-order valence-electron chi connectivity index (χ0n) is 30.8. The van der Waals surface area contributed by atoms with Crippen molar-refractivity contribution in [3.63, 3.8) is 0 Å². The average Bonchev–Trinajstić information content (AvgIpc) is 3.74. The first kappa shape index (κ1) is 32.0. The molecule has 0 amide bonds. The standard InChI is InChI=1S/C53H37NS/c1-53(2)46-20-7-5-17-43(46)52-47(53)21-11-22-48(52)54(40-15-9-14-38(32-40)42-19-10-13-35-12-3-4-16-41(35)42)39-29-26-34(27-30-39)37-25-24-36-28-31-50-51(45(36)33-37)44-18-6-8-23-49(44)55-50/h3-33H,1-2H3. The molecule has 0 aliphatic heterocycles. The second-order valence-corrected chi connectivity index (χ2v) is 16.4. The molecule has 1 nitrogen and oxygen atoms in total. The smallest absolute Gasteiger partial charge is 0.0543 e. The van der Waals surface area contributed by atoms with Gasteiger partial charge in [-0.15, -0.1) is 11.3 Å². The minimum Gasteiger partial charge on any atom is -0.310 e. The van der Waals surface area contributed by atoms with Crippen LogP contribution in [0.1, 0.15) is 25.0 Å². The van der Waals surface area contributed by atoms with Gasteiger partial charge in [-0.1, -0.05) is 153 Å². The molecule has 0 radical (unpaired) electrons. The molecule has 10 aromatic rings. The van der Waals surface area contributed by atoms with E-state index in [2.05, 4.69) is 207 Å². The normalized spacial score (nSPS) is 13.1. The number of fused-ring (bicyclic) bond motifs is 9. The summed E-state index contributed by atoms with van der Waals surface area (Å²) in [5, 5.41) is 7.79. The molecule has 1 aliphatic rings. The third kappa shape index (κ3) is 4.99. The molecule has 11 rings (SSSR count). The average molecular weight is 720 g/mol. The summed E-state index contributed by atoms with van der Waals surface area (Å²) in [7, 11) is 0. The van der Waals surface area contributed by atoms with E-state index >= 15 is 0 Å². The van der Waals surface area contributed by atoms with E-state index in [1.54, 1.807) is 0 Å². The van der Waals surface area contributed by atoms with E-state index in [1.807, 2.05) is 11.3 Å². The second kappa shape index (κ2) is 12.3. The maximum atomic E-state index is 2.47. The topological polar surface area (TPSA) is 3.24 Å². The van der Waals surface area contributed by atoms with E-state index in [9.17, 15) is 0 Å². The van der Waals surface area contributed by atoms with E-state index < -0.39 is 0 Å². The zero-order chi connectivity index (χ0) is 36.7. The highest BCUT2D eigenvalue weighted by molar-refractivity contribution is 7.26. The maximum Gasteiger partial charge on any atom is 0.0543 e. The minimum atomic E-state index is -0.0997. The van der Waals surface area contributed by atoms with Crippen molar-refractivity contribution in [2.75, 3.05) is 4.90 Å². The first-order valence-corrected chi connectivity index (χ1v) is 19.9. The molecule has 0 saturated carbocycles. The monoisotopic (exact) mass is 719 g/mol. The molecule has 1 aromatic heterocycles. The first-order chi connectivity index (χ1) is 27.0. The number of rotatable bonds is 5. The highest BCUT2D eigenvalue weighted by atomic mass is 32.1. The molecule has 1 heterocycles. The molecule has 0 spiro atoms. The quantitative estimate of drug-likeness (QED) is 0.171. The molecule has 1 aliphatic carbocycles. The number of nitrogens with zero attached hydrogens (tertiary/aromatic N) is 1. The molecular formula is C53H37NS. The molecule has 0 N–H and O–H groups in total. The van der Waals surface area contributed by atoms with Crippen molar-refractivity contribution in [2.24, 2.45) is 0 Å². The van der Waals surface area contributed by atoms with Gasteiger partial charge >= 0.3 is 0 Å². The highest BCUT2D eigenvalue weighted by Crippen LogP contribution is 2.54. The van der Waals surface area contributed by atoms with Crippen LogP contribution in [-0.4, -0.2) is 0 Å². The highest BCUT2D eigenvalue weighted by Gasteiger charge is 2.37. The zero-order valence-corrected chi connectivity index (χ0v) is 31.6. The van der Waals surface area contributed by atoms with Crippen LogP contribution in [0.25, 0.3) is 75.1 Å². The van der Waals surface area contributed by atoms with Crippen LogP contribution in [0.3, 0.4) is 0 Å². The van der Waals surface area contributed by atoms with Gasteiger partial charge in [-0.3, -0.25) is 0 Å². The van der Waals surface area contributed by atoms with Gasteiger partial charge < -0.3 is 4.90 Å². The molecule has 2 heteroatoms. The summed E-state index contributed by atoms with van der Waals surface area (Å²) in [5.41, 5.74) is 13.6. The van der Waals surface area contributed by atoms with E-state index in [-0.39, 0.29) is 5.41 Å². The minimum absolute atomic E-state index is 0.0997. The van der Waals surface area contributed by atoms with Crippen molar-refractivity contribution in [3.05, 3.63) is 199 Å². The Morgan fingerprint density at radius 2 is 1.09 bits per heavy atom. The third-order valence-corrected chi connectivity index (χ3v) is 13.0. The van der Waals surface area contributed by atoms with Gasteiger partial charge in [0.2, 0.25) is 0 Å². The van der Waals surface area contributed by atoms with Crippen LogP contribution < -0.4 is 4.90 Å². The van der Waals surface area contributed by atoms with Gasteiger partial charge in [0.1, 0.15) is 0 Å².